The molecule has 0 spiro atoms. The first-order valence-electron chi connectivity index (χ1n) is 7.20. The maximum absolute atomic E-state index is 12.8. The maximum Gasteiger partial charge on any atom is 0.416 e. The van der Waals surface area contributed by atoms with Crippen LogP contribution in [0.1, 0.15) is 29.5 Å². The molecule has 0 radical (unpaired) electrons. The third kappa shape index (κ3) is 4.62. The van der Waals surface area contributed by atoms with Crippen molar-refractivity contribution in [3.63, 3.8) is 0 Å². The van der Waals surface area contributed by atoms with Gasteiger partial charge in [0.1, 0.15) is 0 Å². The minimum absolute atomic E-state index is 0.0831. The van der Waals surface area contributed by atoms with Gasteiger partial charge in [-0.3, -0.25) is 9.69 Å². The Balaban J connectivity index is 2.27. The molecule has 2 rings (SSSR count). The van der Waals surface area contributed by atoms with Gasteiger partial charge in [-0.25, -0.2) is 0 Å². The number of aliphatic carboxylic acids is 1. The first-order chi connectivity index (χ1) is 11.0. The number of nitrogens with zero attached hydrogens (tertiary/aromatic N) is 1. The zero-order valence-corrected chi connectivity index (χ0v) is 12.4. The largest absolute Gasteiger partial charge is 0.481 e. The van der Waals surface area contributed by atoms with E-state index in [9.17, 15) is 31.1 Å². The van der Waals surface area contributed by atoms with Crippen molar-refractivity contribution in [3.05, 3.63) is 34.9 Å². The van der Waals surface area contributed by atoms with Crippen molar-refractivity contribution in [2.45, 2.75) is 31.7 Å². The number of benzene rings is 1. The fourth-order valence-corrected chi connectivity index (χ4v) is 2.77. The van der Waals surface area contributed by atoms with E-state index in [4.69, 9.17) is 5.11 Å². The smallest absolute Gasteiger partial charge is 0.416 e. The van der Waals surface area contributed by atoms with Gasteiger partial charge in [0.25, 0.3) is 0 Å². The molecule has 0 aromatic heterocycles. The number of carbonyl (C=O) groups is 1. The number of carboxylic acids is 1. The molecule has 9 heteroatoms. The molecule has 1 heterocycles. The van der Waals surface area contributed by atoms with E-state index >= 15 is 0 Å². The summed E-state index contributed by atoms with van der Waals surface area (Å²) in [7, 11) is 0. The summed E-state index contributed by atoms with van der Waals surface area (Å²) in [5.74, 6) is -1.67. The van der Waals surface area contributed by atoms with E-state index in [0.717, 1.165) is 0 Å². The second-order valence-corrected chi connectivity index (χ2v) is 5.83. The summed E-state index contributed by atoms with van der Waals surface area (Å²) in [4.78, 5) is 12.6. The van der Waals surface area contributed by atoms with Crippen LogP contribution in [0.3, 0.4) is 0 Å². The zero-order chi connectivity index (χ0) is 18.1. The van der Waals surface area contributed by atoms with Gasteiger partial charge in [-0.05, 0) is 43.1 Å². The molecule has 1 N–H and O–H groups in total. The summed E-state index contributed by atoms with van der Waals surface area (Å²) >= 11 is 0. The average Bonchev–Trinajstić information content (AvgIpc) is 2.45. The van der Waals surface area contributed by atoms with Crippen LogP contribution in [0.2, 0.25) is 0 Å². The first-order valence-corrected chi connectivity index (χ1v) is 7.20. The van der Waals surface area contributed by atoms with Crippen LogP contribution in [-0.4, -0.2) is 29.1 Å². The van der Waals surface area contributed by atoms with Crippen molar-refractivity contribution >= 4 is 5.97 Å². The van der Waals surface area contributed by atoms with Gasteiger partial charge in [-0.2, -0.15) is 26.3 Å². The Labute approximate surface area is 133 Å². The van der Waals surface area contributed by atoms with Crippen molar-refractivity contribution in [2.75, 3.05) is 13.1 Å². The minimum Gasteiger partial charge on any atom is -0.481 e. The summed E-state index contributed by atoms with van der Waals surface area (Å²) in [6.07, 6.45) is -8.80. The van der Waals surface area contributed by atoms with Crippen LogP contribution >= 0.6 is 0 Å². The molecule has 0 amide bonds. The fraction of sp³-hybridized carbons (Fsp3) is 0.533. The monoisotopic (exact) mass is 355 g/mol. The molecule has 1 aromatic carbocycles. The Morgan fingerprint density at radius 1 is 1.08 bits per heavy atom. The molecular formula is C15H15F6NO2. The molecule has 0 bridgehead atoms. The predicted molar refractivity (Wildman–Crippen MR) is 72.1 cm³/mol. The normalized spacial score (nSPS) is 20.2. The molecule has 24 heavy (non-hydrogen) atoms. The third-order valence-electron chi connectivity index (χ3n) is 3.91. The second-order valence-electron chi connectivity index (χ2n) is 5.83. The SMILES string of the molecule is O=C(O)C1CCCN(Cc2cc(C(F)(F)F)cc(C(F)(F)F)c2)C1. The Morgan fingerprint density at radius 2 is 1.62 bits per heavy atom. The molecule has 1 aliphatic heterocycles. The lowest BCUT2D eigenvalue weighted by Crippen LogP contribution is -2.38. The molecule has 1 saturated heterocycles. The van der Waals surface area contributed by atoms with Crippen LogP contribution < -0.4 is 0 Å². The molecule has 1 unspecified atom stereocenters. The van der Waals surface area contributed by atoms with Crippen LogP contribution in [0.25, 0.3) is 0 Å². The number of likely N-dealkylation sites (tertiary alicyclic amines) is 1. The lowest BCUT2D eigenvalue weighted by molar-refractivity contribution is -0.144. The molecule has 1 aromatic rings. The third-order valence-corrected chi connectivity index (χ3v) is 3.91. The molecule has 0 saturated carbocycles. The van der Waals surface area contributed by atoms with Gasteiger partial charge in [-0.15, -0.1) is 0 Å². The van der Waals surface area contributed by atoms with Crippen molar-refractivity contribution in [1.82, 2.24) is 4.90 Å². The van der Waals surface area contributed by atoms with Crippen LogP contribution in [0, 0.1) is 5.92 Å². The molecule has 134 valence electrons. The number of carboxylic acid groups (broad SMARTS) is 1. The van der Waals surface area contributed by atoms with Crippen molar-refractivity contribution < 1.29 is 36.2 Å². The highest BCUT2D eigenvalue weighted by Gasteiger charge is 2.37. The molecule has 1 aliphatic rings. The summed E-state index contributed by atoms with van der Waals surface area (Å²) in [6.45, 7) is 0.380. The lowest BCUT2D eigenvalue weighted by atomic mass is 9.97. The van der Waals surface area contributed by atoms with E-state index in [1.54, 1.807) is 4.90 Å². The minimum atomic E-state index is -4.89. The molecule has 1 atom stereocenters. The van der Waals surface area contributed by atoms with Gasteiger partial charge < -0.3 is 5.11 Å². The highest BCUT2D eigenvalue weighted by molar-refractivity contribution is 5.70. The van der Waals surface area contributed by atoms with Gasteiger partial charge in [0.15, 0.2) is 0 Å². The molecule has 1 fully saturated rings. The summed E-state index contributed by atoms with van der Waals surface area (Å²) in [5, 5.41) is 9.00. The number of hydrogen-bond acceptors (Lipinski definition) is 2. The quantitative estimate of drug-likeness (QED) is 0.833. The first kappa shape index (κ1) is 18.6. The standard InChI is InChI=1S/C15H15F6NO2/c16-14(17,18)11-4-9(5-12(6-11)15(19,20)21)7-22-3-1-2-10(8-22)13(23)24/h4-6,10H,1-3,7-8H2,(H,23,24). The van der Waals surface area contributed by atoms with Crippen molar-refractivity contribution in [2.24, 2.45) is 5.92 Å². The lowest BCUT2D eigenvalue weighted by Gasteiger charge is -2.31. The second kappa shape index (κ2) is 6.62. The van der Waals surface area contributed by atoms with E-state index < -0.39 is 35.4 Å². The Morgan fingerprint density at radius 3 is 2.08 bits per heavy atom. The number of rotatable bonds is 3. The topological polar surface area (TPSA) is 40.5 Å². The fourth-order valence-electron chi connectivity index (χ4n) is 2.77. The van der Waals surface area contributed by atoms with Gasteiger partial charge in [0.2, 0.25) is 0 Å². The summed E-state index contributed by atoms with van der Waals surface area (Å²) in [5.41, 5.74) is -2.86. The van der Waals surface area contributed by atoms with E-state index in [1.165, 1.54) is 0 Å². The zero-order valence-electron chi connectivity index (χ0n) is 12.4. The molecular weight excluding hydrogens is 340 g/mol. The number of halogens is 6. The Bertz CT molecular complexity index is 579. The van der Waals surface area contributed by atoms with Gasteiger partial charge in [0.05, 0.1) is 17.0 Å². The highest BCUT2D eigenvalue weighted by Crippen LogP contribution is 2.36. The van der Waals surface area contributed by atoms with E-state index in [0.29, 0.717) is 31.5 Å². The van der Waals surface area contributed by atoms with Gasteiger partial charge in [-0.1, -0.05) is 0 Å². The highest BCUT2D eigenvalue weighted by atomic mass is 19.4. The van der Waals surface area contributed by atoms with E-state index in [2.05, 4.69) is 0 Å². The number of hydrogen-bond donors (Lipinski definition) is 1. The van der Waals surface area contributed by atoms with Crippen LogP contribution in [0.4, 0.5) is 26.3 Å². The van der Waals surface area contributed by atoms with E-state index in [1.807, 2.05) is 0 Å². The van der Waals surface area contributed by atoms with E-state index in [-0.39, 0.29) is 24.7 Å². The molecule has 0 aliphatic carbocycles. The van der Waals surface area contributed by atoms with Gasteiger partial charge >= 0.3 is 18.3 Å². The van der Waals surface area contributed by atoms with Crippen LogP contribution in [0.15, 0.2) is 18.2 Å². The molecule has 3 nitrogen and oxygen atoms in total. The van der Waals surface area contributed by atoms with Crippen molar-refractivity contribution in [1.29, 1.82) is 0 Å². The summed E-state index contributed by atoms with van der Waals surface area (Å²) < 4.78 is 76.9. The number of piperidine rings is 1. The maximum atomic E-state index is 12.8. The summed E-state index contributed by atoms with van der Waals surface area (Å²) in [6, 6.07) is 1.44. The van der Waals surface area contributed by atoms with Crippen LogP contribution in [0.5, 0.6) is 0 Å². The van der Waals surface area contributed by atoms with Crippen molar-refractivity contribution in [3.8, 4) is 0 Å². The Hall–Kier alpha value is -1.77. The number of alkyl halides is 6. The predicted octanol–water partition coefficient (Wildman–Crippen LogP) is 4.02. The average molecular weight is 355 g/mol. The van der Waals surface area contributed by atoms with Gasteiger partial charge in [0, 0.05) is 13.1 Å². The Kier molecular flexibility index (Phi) is 5.12. The van der Waals surface area contributed by atoms with Crippen LogP contribution in [-0.2, 0) is 23.7 Å².